The predicted molar refractivity (Wildman–Crippen MR) is 85.1 cm³/mol. The van der Waals surface area contributed by atoms with E-state index in [-0.39, 0.29) is 5.57 Å². The van der Waals surface area contributed by atoms with E-state index in [0.29, 0.717) is 18.4 Å². The van der Waals surface area contributed by atoms with Crippen molar-refractivity contribution in [1.82, 2.24) is 0 Å². The number of benzene rings is 2. The summed E-state index contributed by atoms with van der Waals surface area (Å²) >= 11 is 0. The van der Waals surface area contributed by atoms with Gasteiger partial charge >= 0.3 is 0 Å². The summed E-state index contributed by atoms with van der Waals surface area (Å²) in [5.41, 5.74) is 2.85. The molecule has 0 aromatic heterocycles. The van der Waals surface area contributed by atoms with Gasteiger partial charge in [-0.15, -0.1) is 6.58 Å². The molecular formula is C19H18F2. The smallest absolute Gasteiger partial charge is 0.173 e. The summed E-state index contributed by atoms with van der Waals surface area (Å²) in [5.74, 6) is 0. The number of unbranched alkanes of at least 4 members (excludes halogenated alkanes) is 1. The lowest BCUT2D eigenvalue weighted by Crippen LogP contribution is -1.88. The lowest BCUT2D eigenvalue weighted by Gasteiger charge is -2.08. The topological polar surface area (TPSA) is 0 Å². The molecule has 21 heavy (non-hydrogen) atoms. The Bertz CT molecular complexity index is 606. The molecule has 0 saturated carbocycles. The van der Waals surface area contributed by atoms with Gasteiger partial charge in [0, 0.05) is 5.57 Å². The first-order valence-corrected chi connectivity index (χ1v) is 7.03. The number of allylic oxidation sites excluding steroid dienone is 2. The second-order valence-corrected chi connectivity index (χ2v) is 4.86. The zero-order valence-corrected chi connectivity index (χ0v) is 11.9. The number of rotatable bonds is 6. The molecule has 0 saturated heterocycles. The van der Waals surface area contributed by atoms with Gasteiger partial charge in [-0.25, -0.2) is 0 Å². The summed E-state index contributed by atoms with van der Waals surface area (Å²) in [6.07, 6.45) is 1.98. The summed E-state index contributed by atoms with van der Waals surface area (Å²) in [6, 6.07) is 17.2. The van der Waals surface area contributed by atoms with Crippen LogP contribution in [-0.4, -0.2) is 0 Å². The van der Waals surface area contributed by atoms with Gasteiger partial charge in [0.25, 0.3) is 6.08 Å². The minimum absolute atomic E-state index is 0.136. The number of halogens is 2. The Morgan fingerprint density at radius 2 is 1.52 bits per heavy atom. The molecule has 0 atom stereocenters. The van der Waals surface area contributed by atoms with Gasteiger partial charge in [0.2, 0.25) is 0 Å². The highest BCUT2D eigenvalue weighted by Crippen LogP contribution is 2.28. The van der Waals surface area contributed by atoms with Crippen molar-refractivity contribution in [1.29, 1.82) is 0 Å². The fourth-order valence-electron chi connectivity index (χ4n) is 2.27. The molecular weight excluding hydrogens is 266 g/mol. The van der Waals surface area contributed by atoms with Gasteiger partial charge < -0.3 is 0 Å². The van der Waals surface area contributed by atoms with Gasteiger partial charge in [0.05, 0.1) is 0 Å². The highest BCUT2D eigenvalue weighted by Gasteiger charge is 2.09. The molecule has 0 bridgehead atoms. The minimum atomic E-state index is -1.59. The maximum atomic E-state index is 13.1. The molecule has 108 valence electrons. The van der Waals surface area contributed by atoms with Crippen molar-refractivity contribution in [3.63, 3.8) is 0 Å². The van der Waals surface area contributed by atoms with Crippen LogP contribution in [0.25, 0.3) is 16.7 Å². The Kier molecular flexibility index (Phi) is 5.44. The summed E-state index contributed by atoms with van der Waals surface area (Å²) in [6.45, 7) is 3.62. The van der Waals surface area contributed by atoms with E-state index in [1.54, 1.807) is 18.2 Å². The van der Waals surface area contributed by atoms with Crippen molar-refractivity contribution in [2.45, 2.75) is 19.3 Å². The molecule has 0 aliphatic heterocycles. The zero-order chi connectivity index (χ0) is 15.1. The molecule has 0 heterocycles. The largest absolute Gasteiger partial charge is 0.274 e. The molecule has 0 amide bonds. The standard InChI is InChI=1S/C19H18F2/c1-2-3-5-10-18(19(20)21)17-13-11-16(12-14-17)15-8-6-4-7-9-15/h2,4,6-9,11-14H,1,3,5,10H2. The fraction of sp³-hybridized carbons (Fsp3) is 0.158. The summed E-state index contributed by atoms with van der Waals surface area (Å²) < 4.78 is 26.2. The van der Waals surface area contributed by atoms with E-state index >= 15 is 0 Å². The van der Waals surface area contributed by atoms with E-state index in [2.05, 4.69) is 6.58 Å². The molecule has 2 aromatic carbocycles. The number of hydrogen-bond donors (Lipinski definition) is 0. The molecule has 0 spiro atoms. The molecule has 0 N–H and O–H groups in total. The Morgan fingerprint density at radius 1 is 0.905 bits per heavy atom. The van der Waals surface area contributed by atoms with Crippen LogP contribution >= 0.6 is 0 Å². The highest BCUT2D eigenvalue weighted by atomic mass is 19.3. The summed E-state index contributed by atoms with van der Waals surface area (Å²) in [5, 5.41) is 0. The van der Waals surface area contributed by atoms with Crippen molar-refractivity contribution in [2.75, 3.05) is 0 Å². The van der Waals surface area contributed by atoms with Crippen molar-refractivity contribution in [2.24, 2.45) is 0 Å². The average molecular weight is 284 g/mol. The first kappa shape index (κ1) is 15.2. The van der Waals surface area contributed by atoms with Crippen molar-refractivity contribution < 1.29 is 8.78 Å². The highest BCUT2D eigenvalue weighted by molar-refractivity contribution is 5.70. The third kappa shape index (κ3) is 4.12. The second-order valence-electron chi connectivity index (χ2n) is 4.86. The van der Waals surface area contributed by atoms with Crippen LogP contribution in [0.1, 0.15) is 24.8 Å². The fourth-order valence-corrected chi connectivity index (χ4v) is 2.27. The van der Waals surface area contributed by atoms with E-state index in [0.717, 1.165) is 17.5 Å². The van der Waals surface area contributed by atoms with Gasteiger partial charge in [0.1, 0.15) is 0 Å². The normalized spacial score (nSPS) is 10.2. The molecule has 2 aromatic rings. The van der Waals surface area contributed by atoms with Crippen LogP contribution in [0, 0.1) is 0 Å². The van der Waals surface area contributed by atoms with Crippen LogP contribution in [-0.2, 0) is 0 Å². The minimum Gasteiger partial charge on any atom is -0.173 e. The molecule has 2 heteroatoms. The Balaban J connectivity index is 2.20. The van der Waals surface area contributed by atoms with E-state index in [4.69, 9.17) is 0 Å². The van der Waals surface area contributed by atoms with E-state index < -0.39 is 6.08 Å². The van der Waals surface area contributed by atoms with Crippen molar-refractivity contribution in [3.05, 3.63) is 78.9 Å². The molecule has 0 aliphatic carbocycles. The Morgan fingerprint density at radius 3 is 2.10 bits per heavy atom. The molecule has 0 radical (unpaired) electrons. The molecule has 0 fully saturated rings. The Labute approximate surface area is 124 Å². The predicted octanol–water partition coefficient (Wildman–Crippen LogP) is 6.32. The Hall–Kier alpha value is -2.22. The van der Waals surface area contributed by atoms with E-state index in [1.807, 2.05) is 42.5 Å². The van der Waals surface area contributed by atoms with Crippen LogP contribution in [0.15, 0.2) is 73.3 Å². The maximum Gasteiger partial charge on any atom is 0.274 e. The molecule has 0 nitrogen and oxygen atoms in total. The van der Waals surface area contributed by atoms with Crippen LogP contribution in [0.4, 0.5) is 8.78 Å². The average Bonchev–Trinajstić information content (AvgIpc) is 2.52. The quantitative estimate of drug-likeness (QED) is 0.430. The van der Waals surface area contributed by atoms with Crippen LogP contribution in [0.5, 0.6) is 0 Å². The van der Waals surface area contributed by atoms with Crippen molar-refractivity contribution in [3.8, 4) is 11.1 Å². The van der Waals surface area contributed by atoms with Gasteiger partial charge in [-0.05, 0) is 36.0 Å². The first-order valence-electron chi connectivity index (χ1n) is 7.03. The third-order valence-electron chi connectivity index (χ3n) is 3.40. The molecule has 0 aliphatic rings. The SMILES string of the molecule is C=CCCCC(=C(F)F)c1ccc(-c2ccccc2)cc1. The zero-order valence-electron chi connectivity index (χ0n) is 11.9. The summed E-state index contributed by atoms with van der Waals surface area (Å²) in [4.78, 5) is 0. The van der Waals surface area contributed by atoms with Crippen molar-refractivity contribution >= 4 is 5.57 Å². The van der Waals surface area contributed by atoms with E-state index in [9.17, 15) is 8.78 Å². The van der Waals surface area contributed by atoms with Gasteiger partial charge in [-0.2, -0.15) is 8.78 Å². The van der Waals surface area contributed by atoms with Gasteiger partial charge in [-0.3, -0.25) is 0 Å². The molecule has 0 unspecified atom stereocenters. The monoisotopic (exact) mass is 284 g/mol. The van der Waals surface area contributed by atoms with Crippen LogP contribution < -0.4 is 0 Å². The summed E-state index contributed by atoms with van der Waals surface area (Å²) in [7, 11) is 0. The van der Waals surface area contributed by atoms with Crippen LogP contribution in [0.2, 0.25) is 0 Å². The molecule has 2 rings (SSSR count). The maximum absolute atomic E-state index is 13.1. The second kappa shape index (κ2) is 7.53. The lowest BCUT2D eigenvalue weighted by atomic mass is 9.98. The van der Waals surface area contributed by atoms with Gasteiger partial charge in [-0.1, -0.05) is 60.7 Å². The van der Waals surface area contributed by atoms with Crippen LogP contribution in [0.3, 0.4) is 0 Å². The lowest BCUT2D eigenvalue weighted by molar-refractivity contribution is 0.422. The van der Waals surface area contributed by atoms with Gasteiger partial charge in [0.15, 0.2) is 0 Å². The third-order valence-corrected chi connectivity index (χ3v) is 3.40. The first-order chi connectivity index (χ1) is 10.2. The van der Waals surface area contributed by atoms with E-state index in [1.165, 1.54) is 0 Å². The number of hydrogen-bond acceptors (Lipinski definition) is 0.